The van der Waals surface area contributed by atoms with Crippen molar-refractivity contribution in [1.82, 2.24) is 0 Å². The minimum absolute atomic E-state index is 0.103. The smallest absolute Gasteiger partial charge is 0.185 e. The van der Waals surface area contributed by atoms with E-state index in [2.05, 4.69) is 9.98 Å². The van der Waals surface area contributed by atoms with Crippen LogP contribution in [0.3, 0.4) is 0 Å². The Morgan fingerprint density at radius 2 is 0.780 bits per heavy atom. The minimum atomic E-state index is 0.103. The van der Waals surface area contributed by atoms with Crippen LogP contribution in [0.1, 0.15) is 41.5 Å². The summed E-state index contributed by atoms with van der Waals surface area (Å²) in [4.78, 5) is 11.2. The molecule has 0 heterocycles. The average molecular weight is 569 g/mol. The van der Waals surface area contributed by atoms with Gasteiger partial charge in [-0.2, -0.15) is 0 Å². The Hall–Kier alpha value is -4.23. The fourth-order valence-electron chi connectivity index (χ4n) is 3.84. The molecule has 4 aromatic carbocycles. The van der Waals surface area contributed by atoms with Crippen molar-refractivity contribution in [2.45, 2.75) is 63.5 Å². The monoisotopic (exact) mass is 568 g/mol. The third kappa shape index (κ3) is 10.0. The van der Waals surface area contributed by atoms with Gasteiger partial charge in [0.2, 0.25) is 0 Å². The Morgan fingerprint density at radius 3 is 1.07 bits per heavy atom. The molecule has 0 aromatic heterocycles. The summed E-state index contributed by atoms with van der Waals surface area (Å²) >= 11 is 1.68. The first-order valence-corrected chi connectivity index (χ1v) is 14.4. The molecule has 6 nitrogen and oxygen atoms in total. The van der Waals surface area contributed by atoms with Gasteiger partial charge < -0.3 is 18.9 Å². The van der Waals surface area contributed by atoms with Crippen molar-refractivity contribution in [3.8, 4) is 23.0 Å². The van der Waals surface area contributed by atoms with Crippen molar-refractivity contribution in [2.75, 3.05) is 0 Å². The van der Waals surface area contributed by atoms with E-state index in [1.807, 2.05) is 139 Å². The molecule has 212 valence electrons. The Bertz CT molecular complexity index is 1330. The first-order valence-electron chi connectivity index (χ1n) is 13.6. The van der Waals surface area contributed by atoms with Crippen LogP contribution >= 0.6 is 11.8 Å². The van der Waals surface area contributed by atoms with Gasteiger partial charge in [0.15, 0.2) is 11.8 Å². The minimum Gasteiger partial charge on any atom is -0.478 e. The van der Waals surface area contributed by atoms with Gasteiger partial charge >= 0.3 is 0 Å². The van der Waals surface area contributed by atoms with Crippen molar-refractivity contribution in [3.05, 3.63) is 97.1 Å². The van der Waals surface area contributed by atoms with E-state index in [1.165, 1.54) is 0 Å². The molecule has 0 radical (unpaired) electrons. The van der Waals surface area contributed by atoms with Crippen LogP contribution in [-0.2, 0) is 9.47 Å². The zero-order valence-corrected chi connectivity index (χ0v) is 25.1. The zero-order chi connectivity index (χ0) is 29.2. The third-order valence-corrected chi connectivity index (χ3v) is 6.43. The number of hydrogen-bond acceptors (Lipinski definition) is 7. The molecule has 4 rings (SSSR count). The van der Waals surface area contributed by atoms with Gasteiger partial charge in [-0.05, 0) is 125 Å². The van der Waals surface area contributed by atoms with E-state index < -0.39 is 0 Å². The number of aliphatic imine (C=N–C) groups is 2. The van der Waals surface area contributed by atoms with Gasteiger partial charge in [-0.25, -0.2) is 9.98 Å². The molecule has 0 aliphatic heterocycles. The molecule has 0 amide bonds. The SMILES string of the molecule is C/C(=N/c1ccc(Oc2ccc(Sc3ccc(Oc4ccc(/N=C(/C)OC(C)C)cc4)cc3)cc2)cc1)OC(C)C. The summed E-state index contributed by atoms with van der Waals surface area (Å²) in [6.07, 6.45) is 0.206. The number of ether oxygens (including phenoxy) is 4. The van der Waals surface area contributed by atoms with Crippen LogP contribution < -0.4 is 9.47 Å². The lowest BCUT2D eigenvalue weighted by Crippen LogP contribution is -2.07. The first kappa shape index (κ1) is 29.7. The Labute approximate surface area is 247 Å². The first-order chi connectivity index (χ1) is 19.7. The van der Waals surface area contributed by atoms with Gasteiger partial charge in [0, 0.05) is 23.6 Å². The fraction of sp³-hybridized carbons (Fsp3) is 0.235. The van der Waals surface area contributed by atoms with Crippen molar-refractivity contribution in [1.29, 1.82) is 0 Å². The molecular formula is C34H36N2O4S. The molecule has 0 aliphatic rings. The topological polar surface area (TPSA) is 61.6 Å². The van der Waals surface area contributed by atoms with E-state index in [1.54, 1.807) is 11.8 Å². The zero-order valence-electron chi connectivity index (χ0n) is 24.3. The summed E-state index contributed by atoms with van der Waals surface area (Å²) in [6.45, 7) is 11.6. The van der Waals surface area contributed by atoms with Gasteiger partial charge in [0.05, 0.1) is 23.6 Å². The maximum Gasteiger partial charge on any atom is 0.185 e. The molecule has 0 unspecified atom stereocenters. The lowest BCUT2D eigenvalue weighted by molar-refractivity contribution is 0.226. The summed E-state index contributed by atoms with van der Waals surface area (Å²) in [6, 6.07) is 31.3. The molecule has 0 atom stereocenters. The van der Waals surface area contributed by atoms with Gasteiger partial charge in [-0.1, -0.05) is 11.8 Å². The van der Waals surface area contributed by atoms with E-state index in [9.17, 15) is 0 Å². The van der Waals surface area contributed by atoms with Crippen LogP contribution in [0.5, 0.6) is 23.0 Å². The molecular weight excluding hydrogens is 532 g/mol. The van der Waals surface area contributed by atoms with Crippen LogP contribution in [-0.4, -0.2) is 24.0 Å². The second-order valence-corrected chi connectivity index (χ2v) is 11.0. The van der Waals surface area contributed by atoms with E-state index in [0.29, 0.717) is 11.8 Å². The second-order valence-electron chi connectivity index (χ2n) is 9.83. The fourth-order valence-corrected chi connectivity index (χ4v) is 4.65. The molecule has 41 heavy (non-hydrogen) atoms. The van der Waals surface area contributed by atoms with Crippen molar-refractivity contribution in [3.63, 3.8) is 0 Å². The van der Waals surface area contributed by atoms with Crippen LogP contribution in [0.15, 0.2) is 117 Å². The highest BCUT2D eigenvalue weighted by molar-refractivity contribution is 7.99. The molecule has 0 saturated carbocycles. The highest BCUT2D eigenvalue weighted by Crippen LogP contribution is 2.33. The van der Waals surface area contributed by atoms with Gasteiger partial charge in [-0.3, -0.25) is 0 Å². The van der Waals surface area contributed by atoms with Crippen molar-refractivity contribution >= 4 is 34.9 Å². The lowest BCUT2D eigenvalue weighted by Gasteiger charge is -2.10. The largest absolute Gasteiger partial charge is 0.478 e. The molecule has 7 heteroatoms. The predicted octanol–water partition coefficient (Wildman–Crippen LogP) is 10.4. The van der Waals surface area contributed by atoms with Gasteiger partial charge in [-0.15, -0.1) is 0 Å². The third-order valence-electron chi connectivity index (χ3n) is 5.41. The summed E-state index contributed by atoms with van der Waals surface area (Å²) in [7, 11) is 0. The molecule has 0 spiro atoms. The highest BCUT2D eigenvalue weighted by Gasteiger charge is 2.04. The number of nitrogens with zero attached hydrogens (tertiary/aromatic N) is 2. The standard InChI is InChI=1S/C34H36N2O4S/c1-23(2)37-25(5)35-27-7-11-29(12-8-27)39-31-15-19-33(20-16-31)41-34-21-17-32(18-22-34)40-30-13-9-28(10-14-30)36-26(6)38-24(3)4/h7-24H,1-6H3/b35-25-,36-26-. The summed E-state index contributed by atoms with van der Waals surface area (Å²) in [5, 5.41) is 0. The Morgan fingerprint density at radius 1 is 0.488 bits per heavy atom. The molecule has 0 aliphatic carbocycles. The molecule has 0 N–H and O–H groups in total. The quantitative estimate of drug-likeness (QED) is 0.141. The van der Waals surface area contributed by atoms with E-state index >= 15 is 0 Å². The van der Waals surface area contributed by atoms with Crippen molar-refractivity contribution in [2.24, 2.45) is 9.98 Å². The molecule has 4 aromatic rings. The Kier molecular flexibility index (Phi) is 10.5. The van der Waals surface area contributed by atoms with Gasteiger partial charge in [0.1, 0.15) is 23.0 Å². The van der Waals surface area contributed by atoms with Crippen molar-refractivity contribution < 1.29 is 18.9 Å². The lowest BCUT2D eigenvalue weighted by atomic mass is 10.3. The van der Waals surface area contributed by atoms with Crippen LogP contribution in [0.25, 0.3) is 0 Å². The van der Waals surface area contributed by atoms with Crippen LogP contribution in [0, 0.1) is 0 Å². The second kappa shape index (κ2) is 14.4. The van der Waals surface area contributed by atoms with Gasteiger partial charge in [0.25, 0.3) is 0 Å². The van der Waals surface area contributed by atoms with E-state index in [0.717, 1.165) is 44.2 Å². The molecule has 0 saturated heterocycles. The Balaban J connectivity index is 1.28. The maximum absolute atomic E-state index is 6.00. The predicted molar refractivity (Wildman–Crippen MR) is 168 cm³/mol. The highest BCUT2D eigenvalue weighted by atomic mass is 32.2. The summed E-state index contributed by atoms with van der Waals surface area (Å²) < 4.78 is 23.2. The normalized spacial score (nSPS) is 12.0. The van der Waals surface area contributed by atoms with E-state index in [-0.39, 0.29) is 12.2 Å². The summed E-state index contributed by atoms with van der Waals surface area (Å²) in [5.74, 6) is 4.33. The molecule has 0 bridgehead atoms. The number of benzene rings is 4. The van der Waals surface area contributed by atoms with Crippen LogP contribution in [0.2, 0.25) is 0 Å². The van der Waals surface area contributed by atoms with E-state index in [4.69, 9.17) is 18.9 Å². The number of rotatable bonds is 10. The maximum atomic E-state index is 6.00. The van der Waals surface area contributed by atoms with Crippen LogP contribution in [0.4, 0.5) is 11.4 Å². The molecule has 0 fully saturated rings. The average Bonchev–Trinajstić information content (AvgIpc) is 2.92. The number of hydrogen-bond donors (Lipinski definition) is 0. The summed E-state index contributed by atoms with van der Waals surface area (Å²) in [5.41, 5.74) is 1.65.